The highest BCUT2D eigenvalue weighted by atomic mass is 35.5. The van der Waals surface area contributed by atoms with Gasteiger partial charge in [0.1, 0.15) is 0 Å². The zero-order chi connectivity index (χ0) is 20.4. The van der Waals surface area contributed by atoms with Gasteiger partial charge in [-0.25, -0.2) is 0 Å². The van der Waals surface area contributed by atoms with Gasteiger partial charge < -0.3 is 5.32 Å². The number of amides is 1. The van der Waals surface area contributed by atoms with Crippen LogP contribution in [0.15, 0.2) is 18.2 Å². The molecule has 3 aliphatic heterocycles. The number of carbonyl (C=O) groups is 1. The van der Waals surface area contributed by atoms with Crippen molar-refractivity contribution in [3.8, 4) is 0 Å². The first-order valence-corrected chi connectivity index (χ1v) is 12.1. The maximum Gasteiger partial charge on any atom is 0.238 e. The Bertz CT molecular complexity index is 726. The SMILES string of the molecule is CCCC[C@@H]1[C@H]2CCCN3CCC[C@@H](CN1CC(=O)Nc1ccc(Cl)cc1Cl)[C@@H]23. The standard InChI is InChI=1S/C23H33Cl2N3O/c1-2-3-8-21-18-7-5-12-27-11-4-6-16(23(18)27)14-28(21)15-22(29)26-20-10-9-17(24)13-19(20)25/h9-10,13,16,18,21,23H,2-8,11-12,14-15H2,1H3,(H,26,29)/t16-,18+,21+,23-/m0/s1. The van der Waals surface area contributed by atoms with E-state index in [-0.39, 0.29) is 5.91 Å². The van der Waals surface area contributed by atoms with Crippen LogP contribution < -0.4 is 5.32 Å². The summed E-state index contributed by atoms with van der Waals surface area (Å²) in [6.45, 7) is 6.31. The Kier molecular flexibility index (Phi) is 7.06. The third-order valence-electron chi connectivity index (χ3n) is 7.18. The van der Waals surface area contributed by atoms with Gasteiger partial charge >= 0.3 is 0 Å². The topological polar surface area (TPSA) is 35.6 Å². The first-order valence-electron chi connectivity index (χ1n) is 11.3. The quantitative estimate of drug-likeness (QED) is 0.655. The van der Waals surface area contributed by atoms with Gasteiger partial charge in [-0.3, -0.25) is 14.6 Å². The molecular weight excluding hydrogens is 405 g/mol. The number of benzene rings is 1. The third kappa shape index (κ3) is 4.76. The van der Waals surface area contributed by atoms with Gasteiger partial charge in [-0.15, -0.1) is 0 Å². The third-order valence-corrected chi connectivity index (χ3v) is 7.73. The van der Waals surface area contributed by atoms with Crippen molar-refractivity contribution in [2.75, 3.05) is 31.5 Å². The van der Waals surface area contributed by atoms with Crippen molar-refractivity contribution in [3.05, 3.63) is 28.2 Å². The highest BCUT2D eigenvalue weighted by Gasteiger charge is 2.48. The summed E-state index contributed by atoms with van der Waals surface area (Å²) < 4.78 is 0. The van der Waals surface area contributed by atoms with Crippen LogP contribution in [0.25, 0.3) is 0 Å². The molecule has 0 aliphatic carbocycles. The lowest BCUT2D eigenvalue weighted by Gasteiger charge is -2.57. The largest absolute Gasteiger partial charge is 0.324 e. The van der Waals surface area contributed by atoms with Crippen LogP contribution in [-0.2, 0) is 4.79 Å². The first-order chi connectivity index (χ1) is 14.1. The summed E-state index contributed by atoms with van der Waals surface area (Å²) in [6, 6.07) is 6.47. The second-order valence-corrected chi connectivity index (χ2v) is 9.89. The number of unbranched alkanes of at least 4 members (excludes halogenated alkanes) is 1. The van der Waals surface area contributed by atoms with Crippen molar-refractivity contribution in [3.63, 3.8) is 0 Å². The zero-order valence-electron chi connectivity index (χ0n) is 17.4. The molecule has 6 heteroatoms. The molecular formula is C23H33Cl2N3O. The molecule has 3 saturated heterocycles. The highest BCUT2D eigenvalue weighted by Crippen LogP contribution is 2.43. The molecule has 0 aromatic heterocycles. The molecule has 3 aliphatic rings. The summed E-state index contributed by atoms with van der Waals surface area (Å²) in [5.74, 6) is 1.44. The van der Waals surface area contributed by atoms with Gasteiger partial charge in [0.2, 0.25) is 5.91 Å². The number of nitrogens with zero attached hydrogens (tertiary/aromatic N) is 2. The molecule has 0 unspecified atom stereocenters. The van der Waals surface area contributed by atoms with Crippen LogP contribution in [-0.4, -0.2) is 54.0 Å². The molecule has 0 bridgehead atoms. The van der Waals surface area contributed by atoms with Gasteiger partial charge in [-0.05, 0) is 75.2 Å². The van der Waals surface area contributed by atoms with Crippen molar-refractivity contribution in [1.82, 2.24) is 9.80 Å². The number of hydrogen-bond donors (Lipinski definition) is 1. The summed E-state index contributed by atoms with van der Waals surface area (Å²) in [7, 11) is 0. The molecule has 3 fully saturated rings. The lowest BCUT2D eigenvalue weighted by molar-refractivity contribution is -0.123. The van der Waals surface area contributed by atoms with Gasteiger partial charge in [0, 0.05) is 23.7 Å². The number of halogens is 2. The number of likely N-dealkylation sites (tertiary alicyclic amines) is 1. The van der Waals surface area contributed by atoms with Crippen LogP contribution in [0.4, 0.5) is 5.69 Å². The monoisotopic (exact) mass is 437 g/mol. The summed E-state index contributed by atoms with van der Waals surface area (Å²) in [6.07, 6.45) is 8.87. The lowest BCUT2D eigenvalue weighted by Crippen LogP contribution is -2.65. The average Bonchev–Trinajstić information content (AvgIpc) is 2.70. The average molecular weight is 438 g/mol. The number of carbonyl (C=O) groups excluding carboxylic acids is 1. The number of nitrogens with one attached hydrogen (secondary N) is 1. The van der Waals surface area contributed by atoms with Gasteiger partial charge in [0.05, 0.1) is 17.3 Å². The zero-order valence-corrected chi connectivity index (χ0v) is 18.9. The van der Waals surface area contributed by atoms with Crippen LogP contribution in [0, 0.1) is 11.8 Å². The Morgan fingerprint density at radius 3 is 2.76 bits per heavy atom. The summed E-state index contributed by atoms with van der Waals surface area (Å²) in [5.41, 5.74) is 0.641. The highest BCUT2D eigenvalue weighted by molar-refractivity contribution is 6.36. The molecule has 1 amide bonds. The minimum Gasteiger partial charge on any atom is -0.324 e. The molecule has 160 valence electrons. The summed E-state index contributed by atoms with van der Waals surface area (Å²) >= 11 is 12.2. The molecule has 1 N–H and O–H groups in total. The van der Waals surface area contributed by atoms with Crippen LogP contribution >= 0.6 is 23.2 Å². The molecule has 0 saturated carbocycles. The minimum absolute atomic E-state index is 0.0256. The molecule has 1 aromatic carbocycles. The van der Waals surface area contributed by atoms with E-state index in [1.165, 1.54) is 58.0 Å². The van der Waals surface area contributed by atoms with Crippen molar-refractivity contribution in [2.24, 2.45) is 11.8 Å². The van der Waals surface area contributed by atoms with Crippen LogP contribution in [0.1, 0.15) is 51.9 Å². The van der Waals surface area contributed by atoms with Crippen LogP contribution in [0.5, 0.6) is 0 Å². The molecule has 4 nitrogen and oxygen atoms in total. The van der Waals surface area contributed by atoms with Crippen LogP contribution in [0.3, 0.4) is 0 Å². The van der Waals surface area contributed by atoms with E-state index in [0.717, 1.165) is 12.6 Å². The van der Waals surface area contributed by atoms with Gasteiger partial charge in [0.15, 0.2) is 0 Å². The summed E-state index contributed by atoms with van der Waals surface area (Å²) in [4.78, 5) is 18.2. The smallest absolute Gasteiger partial charge is 0.238 e. The van der Waals surface area contributed by atoms with E-state index in [0.29, 0.717) is 40.2 Å². The number of hydrogen-bond acceptors (Lipinski definition) is 3. The fourth-order valence-electron chi connectivity index (χ4n) is 6.04. The van der Waals surface area contributed by atoms with Crippen molar-refractivity contribution >= 4 is 34.8 Å². The number of anilines is 1. The molecule has 1 aromatic rings. The van der Waals surface area contributed by atoms with E-state index in [2.05, 4.69) is 22.0 Å². The fraction of sp³-hybridized carbons (Fsp3) is 0.696. The maximum absolute atomic E-state index is 12.9. The Morgan fingerprint density at radius 2 is 2.00 bits per heavy atom. The van der Waals surface area contributed by atoms with E-state index in [9.17, 15) is 4.79 Å². The molecule has 29 heavy (non-hydrogen) atoms. The minimum atomic E-state index is 0.0256. The van der Waals surface area contributed by atoms with E-state index in [4.69, 9.17) is 23.2 Å². The molecule has 4 atom stereocenters. The molecule has 3 heterocycles. The molecule has 0 spiro atoms. The normalized spacial score (nSPS) is 30.0. The van der Waals surface area contributed by atoms with Gasteiger partial charge in [-0.1, -0.05) is 43.0 Å². The fourth-order valence-corrected chi connectivity index (χ4v) is 6.50. The Morgan fingerprint density at radius 1 is 1.21 bits per heavy atom. The molecule has 0 radical (unpaired) electrons. The second-order valence-electron chi connectivity index (χ2n) is 9.05. The Hall–Kier alpha value is -0.810. The van der Waals surface area contributed by atoms with Crippen LogP contribution in [0.2, 0.25) is 10.0 Å². The number of rotatable bonds is 6. The van der Waals surface area contributed by atoms with Crippen molar-refractivity contribution in [2.45, 2.75) is 64.0 Å². The van der Waals surface area contributed by atoms with E-state index < -0.39 is 0 Å². The Labute approximate surface area is 184 Å². The first kappa shape index (κ1) is 21.4. The second kappa shape index (κ2) is 9.55. The molecule has 4 rings (SSSR count). The van der Waals surface area contributed by atoms with Gasteiger partial charge in [-0.2, -0.15) is 0 Å². The Balaban J connectivity index is 1.48. The van der Waals surface area contributed by atoms with E-state index >= 15 is 0 Å². The van der Waals surface area contributed by atoms with E-state index in [1.807, 2.05) is 0 Å². The predicted octanol–water partition coefficient (Wildman–Crippen LogP) is 5.30. The lowest BCUT2D eigenvalue weighted by atomic mass is 9.69. The number of piperidine rings is 3. The predicted molar refractivity (Wildman–Crippen MR) is 121 cm³/mol. The van der Waals surface area contributed by atoms with Crippen molar-refractivity contribution in [1.29, 1.82) is 0 Å². The van der Waals surface area contributed by atoms with E-state index in [1.54, 1.807) is 18.2 Å². The van der Waals surface area contributed by atoms with Crippen molar-refractivity contribution < 1.29 is 4.79 Å². The van der Waals surface area contributed by atoms with Gasteiger partial charge in [0.25, 0.3) is 0 Å². The summed E-state index contributed by atoms with van der Waals surface area (Å²) in [5, 5.41) is 4.07. The maximum atomic E-state index is 12.9.